The quantitative estimate of drug-likeness (QED) is 0.667. The first kappa shape index (κ1) is 14.9. The van der Waals surface area contributed by atoms with Gasteiger partial charge in [-0.15, -0.1) is 11.3 Å². The largest absolute Gasteiger partial charge is 0.300 e. The van der Waals surface area contributed by atoms with Gasteiger partial charge in [0.2, 0.25) is 0 Å². The second-order valence-electron chi connectivity index (χ2n) is 3.67. The van der Waals surface area contributed by atoms with Crippen LogP contribution in [0.3, 0.4) is 0 Å². The Kier molecular flexibility index (Phi) is 4.33. The number of rotatable bonds is 5. The first-order valence-corrected chi connectivity index (χ1v) is 7.90. The molecule has 106 valence electrons. The minimum atomic E-state index is -3.84. The average molecular weight is 334 g/mol. The molecule has 0 fully saturated rings. The van der Waals surface area contributed by atoms with Crippen molar-refractivity contribution in [2.24, 2.45) is 0 Å². The summed E-state index contributed by atoms with van der Waals surface area (Å²) in [5.74, 6) is 0. The summed E-state index contributed by atoms with van der Waals surface area (Å²) >= 11 is 6.28. The first-order chi connectivity index (χ1) is 9.40. The summed E-state index contributed by atoms with van der Waals surface area (Å²) in [5.41, 5.74) is 0.256. The lowest BCUT2D eigenvalue weighted by Gasteiger charge is -2.03. The third kappa shape index (κ3) is 3.31. The van der Waals surface area contributed by atoms with E-state index < -0.39 is 20.6 Å². The maximum atomic E-state index is 12.0. The minimum absolute atomic E-state index is 0.0412. The van der Waals surface area contributed by atoms with Gasteiger partial charge in [-0.3, -0.25) is 15.1 Å². The fourth-order valence-electron chi connectivity index (χ4n) is 1.35. The van der Waals surface area contributed by atoms with Gasteiger partial charge in [0.25, 0.3) is 15.7 Å². The fourth-order valence-corrected chi connectivity index (χ4v) is 4.07. The van der Waals surface area contributed by atoms with Crippen LogP contribution in [0, 0.1) is 10.1 Å². The van der Waals surface area contributed by atoms with E-state index in [-0.39, 0.29) is 15.1 Å². The number of hydrogen-bond donors (Lipinski definition) is 1. The third-order valence-corrected chi connectivity index (χ3v) is 5.51. The summed E-state index contributed by atoms with van der Waals surface area (Å²) in [5, 5.41) is 10.6. The maximum Gasteiger partial charge on any atom is 0.300 e. The highest BCUT2D eigenvalue weighted by atomic mass is 35.5. The van der Waals surface area contributed by atoms with Crippen molar-refractivity contribution in [1.82, 2.24) is 9.71 Å². The molecule has 2 aromatic rings. The van der Waals surface area contributed by atoms with Crippen LogP contribution in [-0.4, -0.2) is 18.3 Å². The molecule has 2 heterocycles. The predicted octanol–water partition coefficient (Wildman–Crippen LogP) is 2.18. The highest BCUT2D eigenvalue weighted by Gasteiger charge is 2.24. The van der Waals surface area contributed by atoms with Crippen LogP contribution in [0.1, 0.15) is 5.56 Å². The molecule has 0 radical (unpaired) electrons. The van der Waals surface area contributed by atoms with Gasteiger partial charge in [-0.25, -0.2) is 13.1 Å². The number of pyridine rings is 1. The van der Waals surface area contributed by atoms with E-state index in [1.807, 2.05) is 0 Å². The van der Waals surface area contributed by atoms with E-state index in [0.717, 1.165) is 6.07 Å². The Balaban J connectivity index is 2.18. The highest BCUT2D eigenvalue weighted by Crippen LogP contribution is 2.36. The number of halogens is 1. The van der Waals surface area contributed by atoms with Gasteiger partial charge in [0, 0.05) is 25.0 Å². The second-order valence-corrected chi connectivity index (χ2v) is 7.32. The lowest BCUT2D eigenvalue weighted by molar-refractivity contribution is -0.384. The summed E-state index contributed by atoms with van der Waals surface area (Å²) in [6.45, 7) is 0.0412. The van der Waals surface area contributed by atoms with Crippen LogP contribution < -0.4 is 4.72 Å². The normalized spacial score (nSPS) is 11.4. The maximum absolute atomic E-state index is 12.0. The molecule has 0 unspecified atom stereocenters. The zero-order chi connectivity index (χ0) is 14.8. The molecule has 0 saturated heterocycles. The lowest BCUT2D eigenvalue weighted by Crippen LogP contribution is -2.22. The SMILES string of the molecule is O=[N+]([O-])c1cc(S(=O)(=O)NCc2cccnc2)sc1Cl. The molecule has 0 aliphatic rings. The molecule has 7 nitrogen and oxygen atoms in total. The van der Waals surface area contributed by atoms with E-state index >= 15 is 0 Å². The van der Waals surface area contributed by atoms with Crippen molar-refractivity contribution in [1.29, 1.82) is 0 Å². The smallest absolute Gasteiger partial charge is 0.264 e. The molecule has 2 aromatic heterocycles. The van der Waals surface area contributed by atoms with E-state index in [2.05, 4.69) is 9.71 Å². The highest BCUT2D eigenvalue weighted by molar-refractivity contribution is 7.91. The summed E-state index contributed by atoms with van der Waals surface area (Å²) in [6.07, 6.45) is 3.09. The fraction of sp³-hybridized carbons (Fsp3) is 0.100. The van der Waals surface area contributed by atoms with Crippen LogP contribution >= 0.6 is 22.9 Å². The Labute approximate surface area is 123 Å². The lowest BCUT2D eigenvalue weighted by atomic mass is 10.3. The number of sulfonamides is 1. The Hall–Kier alpha value is -1.55. The minimum Gasteiger partial charge on any atom is -0.264 e. The molecule has 0 spiro atoms. The molecule has 10 heteroatoms. The Morgan fingerprint density at radius 1 is 1.50 bits per heavy atom. The summed E-state index contributed by atoms with van der Waals surface area (Å²) in [7, 11) is -3.84. The van der Waals surface area contributed by atoms with E-state index in [0.29, 0.717) is 16.9 Å². The summed E-state index contributed by atoms with van der Waals surface area (Å²) in [6, 6.07) is 4.33. The van der Waals surface area contributed by atoms with Crippen LogP contribution in [0.15, 0.2) is 34.8 Å². The van der Waals surface area contributed by atoms with E-state index in [1.165, 1.54) is 6.20 Å². The molecule has 20 heavy (non-hydrogen) atoms. The van der Waals surface area contributed by atoms with Crippen LogP contribution in [-0.2, 0) is 16.6 Å². The van der Waals surface area contributed by atoms with Gasteiger partial charge in [-0.2, -0.15) is 0 Å². The molecule has 0 saturated carbocycles. The zero-order valence-corrected chi connectivity index (χ0v) is 12.2. The number of nitrogens with one attached hydrogen (secondary N) is 1. The Morgan fingerprint density at radius 2 is 2.25 bits per heavy atom. The standard InChI is InChI=1S/C10H8ClN3O4S2/c11-10-8(14(15)16)4-9(19-10)20(17,18)13-6-7-2-1-3-12-5-7/h1-5,13H,6H2. The van der Waals surface area contributed by atoms with Gasteiger partial charge in [-0.05, 0) is 11.6 Å². The van der Waals surface area contributed by atoms with Crippen molar-refractivity contribution in [3.63, 3.8) is 0 Å². The molecular formula is C10H8ClN3O4S2. The van der Waals surface area contributed by atoms with Gasteiger partial charge < -0.3 is 0 Å². The molecule has 0 aliphatic carbocycles. The van der Waals surface area contributed by atoms with Crippen molar-refractivity contribution in [2.75, 3.05) is 0 Å². The van der Waals surface area contributed by atoms with Crippen molar-refractivity contribution in [2.45, 2.75) is 10.8 Å². The van der Waals surface area contributed by atoms with Gasteiger partial charge in [0.1, 0.15) is 4.21 Å². The number of hydrogen-bond acceptors (Lipinski definition) is 6. The number of aromatic nitrogens is 1. The van der Waals surface area contributed by atoms with Crippen LogP contribution in [0.4, 0.5) is 5.69 Å². The number of nitrogens with zero attached hydrogens (tertiary/aromatic N) is 2. The van der Waals surface area contributed by atoms with E-state index in [4.69, 9.17) is 11.6 Å². The van der Waals surface area contributed by atoms with Crippen molar-refractivity contribution >= 4 is 38.6 Å². The van der Waals surface area contributed by atoms with Gasteiger partial charge in [-0.1, -0.05) is 17.7 Å². The summed E-state index contributed by atoms with van der Waals surface area (Å²) in [4.78, 5) is 13.8. The molecule has 0 amide bonds. The van der Waals surface area contributed by atoms with Crippen LogP contribution in [0.5, 0.6) is 0 Å². The van der Waals surface area contributed by atoms with E-state index in [9.17, 15) is 18.5 Å². The van der Waals surface area contributed by atoms with Crippen molar-refractivity contribution < 1.29 is 13.3 Å². The van der Waals surface area contributed by atoms with Gasteiger partial charge >= 0.3 is 0 Å². The zero-order valence-electron chi connectivity index (χ0n) is 9.82. The summed E-state index contributed by atoms with van der Waals surface area (Å²) < 4.78 is 25.9. The molecule has 2 rings (SSSR count). The predicted molar refractivity (Wildman–Crippen MR) is 74.2 cm³/mol. The van der Waals surface area contributed by atoms with E-state index in [1.54, 1.807) is 18.3 Å². The Morgan fingerprint density at radius 3 is 2.80 bits per heavy atom. The number of thiophene rings is 1. The second kappa shape index (κ2) is 5.83. The topological polar surface area (TPSA) is 102 Å². The molecule has 0 atom stereocenters. The molecule has 1 N–H and O–H groups in total. The molecule has 0 aromatic carbocycles. The van der Waals surface area contributed by atoms with Crippen molar-refractivity contribution in [3.05, 3.63) is 50.6 Å². The van der Waals surface area contributed by atoms with Crippen molar-refractivity contribution in [3.8, 4) is 0 Å². The average Bonchev–Trinajstić information content (AvgIpc) is 2.81. The molecule has 0 aliphatic heterocycles. The van der Waals surface area contributed by atoms with Crippen LogP contribution in [0.2, 0.25) is 4.34 Å². The van der Waals surface area contributed by atoms with Crippen LogP contribution in [0.25, 0.3) is 0 Å². The van der Waals surface area contributed by atoms with Gasteiger partial charge in [0.05, 0.1) is 4.92 Å². The number of nitro groups is 1. The van der Waals surface area contributed by atoms with Gasteiger partial charge in [0.15, 0.2) is 4.34 Å². The first-order valence-electron chi connectivity index (χ1n) is 5.22. The Bertz CT molecular complexity index is 730. The monoisotopic (exact) mass is 333 g/mol. The third-order valence-electron chi connectivity index (χ3n) is 2.30. The molecular weight excluding hydrogens is 326 g/mol. The molecule has 0 bridgehead atoms.